The Morgan fingerprint density at radius 1 is 1.20 bits per heavy atom. The van der Waals surface area contributed by atoms with Crippen LogP contribution in [0, 0.1) is 11.8 Å². The zero-order chi connectivity index (χ0) is 17.2. The van der Waals surface area contributed by atoms with E-state index in [4.69, 9.17) is 5.73 Å². The number of nitrogens with zero attached hydrogens (tertiary/aromatic N) is 4. The van der Waals surface area contributed by atoms with Crippen LogP contribution in [0.3, 0.4) is 0 Å². The van der Waals surface area contributed by atoms with Crippen LogP contribution < -0.4 is 5.73 Å². The van der Waals surface area contributed by atoms with Crippen LogP contribution in [0.1, 0.15) is 25.0 Å². The second-order valence-corrected chi connectivity index (χ2v) is 7.33. The highest BCUT2D eigenvalue weighted by Crippen LogP contribution is 2.32. The molecule has 1 saturated heterocycles. The molecule has 0 bridgehead atoms. The largest absolute Gasteiger partial charge is 0.340 e. The highest BCUT2D eigenvalue weighted by molar-refractivity contribution is 5.79. The summed E-state index contributed by atoms with van der Waals surface area (Å²) in [4.78, 5) is 21.9. The normalized spacial score (nSPS) is 24.9. The molecule has 0 radical (unpaired) electrons. The van der Waals surface area contributed by atoms with Crippen molar-refractivity contribution in [2.45, 2.75) is 25.8 Å². The smallest absolute Gasteiger partial charge is 0.226 e. The Kier molecular flexibility index (Phi) is 4.72. The molecule has 1 aliphatic heterocycles. The van der Waals surface area contributed by atoms with Crippen molar-refractivity contribution in [2.75, 3.05) is 32.7 Å². The third kappa shape index (κ3) is 3.41. The topological polar surface area (TPSA) is 66.9 Å². The molecule has 0 unspecified atom stereocenters. The third-order valence-electron chi connectivity index (χ3n) is 5.76. The fraction of sp³-hybridized carbons (Fsp3) is 0.579. The molecule has 2 aromatic heterocycles. The summed E-state index contributed by atoms with van der Waals surface area (Å²) in [5.41, 5.74) is 7.92. The summed E-state index contributed by atoms with van der Waals surface area (Å²) in [7, 11) is 0. The van der Waals surface area contributed by atoms with Gasteiger partial charge < -0.3 is 15.0 Å². The second-order valence-electron chi connectivity index (χ2n) is 7.33. The Hall–Kier alpha value is -1.92. The molecule has 2 aromatic rings. The lowest BCUT2D eigenvalue weighted by Gasteiger charge is -2.36. The van der Waals surface area contributed by atoms with Gasteiger partial charge in [0, 0.05) is 51.0 Å². The van der Waals surface area contributed by atoms with Crippen molar-refractivity contribution in [3.63, 3.8) is 0 Å². The van der Waals surface area contributed by atoms with Crippen LogP contribution in [0.5, 0.6) is 0 Å². The maximum atomic E-state index is 12.8. The minimum Gasteiger partial charge on any atom is -0.340 e. The first kappa shape index (κ1) is 16.5. The molecular weight excluding hydrogens is 314 g/mol. The average molecular weight is 341 g/mol. The van der Waals surface area contributed by atoms with Crippen LogP contribution in [0.25, 0.3) is 5.65 Å². The first-order valence-corrected chi connectivity index (χ1v) is 9.38. The van der Waals surface area contributed by atoms with E-state index < -0.39 is 0 Å². The molecule has 1 saturated carbocycles. The zero-order valence-electron chi connectivity index (χ0n) is 14.7. The van der Waals surface area contributed by atoms with E-state index in [0.717, 1.165) is 63.3 Å². The van der Waals surface area contributed by atoms with Crippen molar-refractivity contribution in [2.24, 2.45) is 17.6 Å². The lowest BCUT2D eigenvalue weighted by Crippen LogP contribution is -2.50. The van der Waals surface area contributed by atoms with E-state index >= 15 is 0 Å². The van der Waals surface area contributed by atoms with Crippen LogP contribution in [-0.2, 0) is 11.3 Å². The predicted molar refractivity (Wildman–Crippen MR) is 96.9 cm³/mol. The number of rotatable bonds is 4. The van der Waals surface area contributed by atoms with Crippen LogP contribution in [0.15, 0.2) is 30.6 Å². The van der Waals surface area contributed by atoms with Gasteiger partial charge in [-0.25, -0.2) is 4.98 Å². The molecular formula is C19H27N5O. The predicted octanol–water partition coefficient (Wildman–Crippen LogP) is 1.35. The number of pyridine rings is 1. The molecule has 134 valence electrons. The standard InChI is InChI=1S/C19H27N5O/c20-12-15-4-3-5-17(15)19(25)23-10-8-22(9-11-23)13-16-14-24-7-2-1-6-18(24)21-16/h1-2,6-7,14-15,17H,3-5,8-13,20H2/t15-,17-/m1/s1. The lowest BCUT2D eigenvalue weighted by atomic mass is 9.94. The number of fused-ring (bicyclic) bond motifs is 1. The summed E-state index contributed by atoms with van der Waals surface area (Å²) < 4.78 is 2.06. The molecule has 0 spiro atoms. The van der Waals surface area contributed by atoms with Crippen molar-refractivity contribution in [3.05, 3.63) is 36.3 Å². The highest BCUT2D eigenvalue weighted by Gasteiger charge is 2.35. The Bertz CT molecular complexity index is 701. The fourth-order valence-electron chi connectivity index (χ4n) is 4.30. The molecule has 4 rings (SSSR count). The van der Waals surface area contributed by atoms with Gasteiger partial charge in [-0.2, -0.15) is 0 Å². The molecule has 6 nitrogen and oxygen atoms in total. The summed E-state index contributed by atoms with van der Waals surface area (Å²) in [6, 6.07) is 6.05. The van der Waals surface area contributed by atoms with E-state index in [1.165, 1.54) is 0 Å². The van der Waals surface area contributed by atoms with Gasteiger partial charge in [-0.1, -0.05) is 12.5 Å². The van der Waals surface area contributed by atoms with Gasteiger partial charge in [0.1, 0.15) is 5.65 Å². The maximum Gasteiger partial charge on any atom is 0.226 e. The van der Waals surface area contributed by atoms with E-state index in [0.29, 0.717) is 18.4 Å². The quantitative estimate of drug-likeness (QED) is 0.912. The van der Waals surface area contributed by atoms with E-state index in [1.807, 2.05) is 24.4 Å². The first-order valence-electron chi connectivity index (χ1n) is 9.38. The summed E-state index contributed by atoms with van der Waals surface area (Å²) in [6.45, 7) is 4.96. The highest BCUT2D eigenvalue weighted by atomic mass is 16.2. The molecule has 25 heavy (non-hydrogen) atoms. The van der Waals surface area contributed by atoms with Gasteiger partial charge in [0.15, 0.2) is 0 Å². The summed E-state index contributed by atoms with van der Waals surface area (Å²) in [5.74, 6) is 0.888. The number of carbonyl (C=O) groups is 1. The van der Waals surface area contributed by atoms with Crippen molar-refractivity contribution < 1.29 is 4.79 Å². The van der Waals surface area contributed by atoms with Gasteiger partial charge >= 0.3 is 0 Å². The Balaban J connectivity index is 1.32. The number of amides is 1. The zero-order valence-corrected chi connectivity index (χ0v) is 14.7. The summed E-state index contributed by atoms with van der Waals surface area (Å²) >= 11 is 0. The van der Waals surface area contributed by atoms with E-state index in [2.05, 4.69) is 25.4 Å². The van der Waals surface area contributed by atoms with Crippen LogP contribution in [0.2, 0.25) is 0 Å². The van der Waals surface area contributed by atoms with Crippen LogP contribution in [-0.4, -0.2) is 57.8 Å². The number of hydrogen-bond acceptors (Lipinski definition) is 4. The first-order chi connectivity index (χ1) is 12.2. The number of aromatic nitrogens is 2. The maximum absolute atomic E-state index is 12.8. The van der Waals surface area contributed by atoms with Gasteiger partial charge in [0.25, 0.3) is 0 Å². The van der Waals surface area contributed by atoms with Crippen molar-refractivity contribution in [1.29, 1.82) is 0 Å². The van der Waals surface area contributed by atoms with E-state index in [9.17, 15) is 4.79 Å². The molecule has 3 heterocycles. The number of imidazole rings is 1. The number of hydrogen-bond donors (Lipinski definition) is 1. The Labute approximate surface area is 148 Å². The minimum atomic E-state index is 0.162. The molecule has 1 amide bonds. The second kappa shape index (κ2) is 7.14. The number of piperazine rings is 1. The third-order valence-corrected chi connectivity index (χ3v) is 5.76. The molecule has 2 atom stereocenters. The molecule has 2 aliphatic rings. The monoisotopic (exact) mass is 341 g/mol. The fourth-order valence-corrected chi connectivity index (χ4v) is 4.30. The minimum absolute atomic E-state index is 0.162. The summed E-state index contributed by atoms with van der Waals surface area (Å²) in [6.07, 6.45) is 7.39. The molecule has 6 heteroatoms. The van der Waals surface area contributed by atoms with Crippen LogP contribution in [0.4, 0.5) is 0 Å². The summed E-state index contributed by atoms with van der Waals surface area (Å²) in [5, 5.41) is 0. The Morgan fingerprint density at radius 2 is 2.04 bits per heavy atom. The Morgan fingerprint density at radius 3 is 2.80 bits per heavy atom. The van der Waals surface area contributed by atoms with E-state index in [-0.39, 0.29) is 5.92 Å². The van der Waals surface area contributed by atoms with Crippen molar-refractivity contribution in [3.8, 4) is 0 Å². The van der Waals surface area contributed by atoms with Gasteiger partial charge in [-0.15, -0.1) is 0 Å². The number of carbonyl (C=O) groups excluding carboxylic acids is 1. The lowest BCUT2D eigenvalue weighted by molar-refractivity contribution is -0.138. The number of nitrogens with two attached hydrogens (primary N) is 1. The molecule has 2 N–H and O–H groups in total. The van der Waals surface area contributed by atoms with Crippen molar-refractivity contribution in [1.82, 2.24) is 19.2 Å². The van der Waals surface area contributed by atoms with Gasteiger partial charge in [-0.05, 0) is 37.4 Å². The molecule has 2 fully saturated rings. The van der Waals surface area contributed by atoms with Gasteiger partial charge in [-0.3, -0.25) is 9.69 Å². The van der Waals surface area contributed by atoms with E-state index in [1.54, 1.807) is 0 Å². The molecule has 1 aliphatic carbocycles. The van der Waals surface area contributed by atoms with Gasteiger partial charge in [0.05, 0.1) is 5.69 Å². The molecule has 0 aromatic carbocycles. The van der Waals surface area contributed by atoms with Gasteiger partial charge in [0.2, 0.25) is 5.91 Å². The van der Waals surface area contributed by atoms with Crippen LogP contribution >= 0.6 is 0 Å². The SMILES string of the molecule is NC[C@H]1CCC[C@H]1C(=O)N1CCN(Cc2cn3ccccc3n2)CC1. The average Bonchev–Trinajstić information content (AvgIpc) is 3.27. The van der Waals surface area contributed by atoms with Crippen molar-refractivity contribution >= 4 is 11.6 Å².